The van der Waals surface area contributed by atoms with Crippen molar-refractivity contribution in [1.29, 1.82) is 0 Å². The summed E-state index contributed by atoms with van der Waals surface area (Å²) >= 11 is 2.06. The lowest BCUT2D eigenvalue weighted by Crippen LogP contribution is -2.49. The van der Waals surface area contributed by atoms with Gasteiger partial charge in [-0.3, -0.25) is 9.79 Å². The van der Waals surface area contributed by atoms with Crippen molar-refractivity contribution < 1.29 is 9.53 Å². The molecule has 0 radical (unpaired) electrons. The van der Waals surface area contributed by atoms with Crippen LogP contribution in [0.2, 0.25) is 0 Å². The van der Waals surface area contributed by atoms with E-state index in [-0.39, 0.29) is 29.9 Å². The quantitative estimate of drug-likeness (QED) is 0.225. The number of thioether (sulfide) groups is 1. The first-order valence-corrected chi connectivity index (χ1v) is 8.86. The summed E-state index contributed by atoms with van der Waals surface area (Å²) in [6, 6.07) is 0. The van der Waals surface area contributed by atoms with E-state index < -0.39 is 0 Å². The lowest BCUT2D eigenvalue weighted by atomic mass is 10.1. The van der Waals surface area contributed by atoms with Crippen molar-refractivity contribution in [3.8, 4) is 0 Å². The van der Waals surface area contributed by atoms with Crippen molar-refractivity contribution in [3.05, 3.63) is 0 Å². The largest absolute Gasteiger partial charge is 0.466 e. The predicted molar refractivity (Wildman–Crippen MR) is 105 cm³/mol. The number of carbonyl (C=O) groups excluding carboxylic acids is 1. The molecule has 1 rings (SSSR count). The van der Waals surface area contributed by atoms with E-state index in [0.29, 0.717) is 24.2 Å². The van der Waals surface area contributed by atoms with Gasteiger partial charge in [0, 0.05) is 44.1 Å². The van der Waals surface area contributed by atoms with Crippen LogP contribution in [0.5, 0.6) is 0 Å². The number of esters is 1. The van der Waals surface area contributed by atoms with Gasteiger partial charge in [0.05, 0.1) is 6.61 Å². The van der Waals surface area contributed by atoms with Gasteiger partial charge in [-0.25, -0.2) is 0 Å². The Balaban J connectivity index is 0.00000441. The first kappa shape index (κ1) is 21.8. The second kappa shape index (κ2) is 12.3. The average molecular weight is 443 g/mol. The highest BCUT2D eigenvalue weighted by Gasteiger charge is 2.24. The van der Waals surface area contributed by atoms with Gasteiger partial charge in [-0.05, 0) is 19.3 Å². The molecule has 0 bridgehead atoms. The Morgan fingerprint density at radius 3 is 2.82 bits per heavy atom. The summed E-state index contributed by atoms with van der Waals surface area (Å²) in [5, 5.41) is 4.02. The number of halogens is 1. The molecule has 0 aromatic carbocycles. The summed E-state index contributed by atoms with van der Waals surface area (Å²) in [5.41, 5.74) is 0. The highest BCUT2D eigenvalue weighted by Crippen LogP contribution is 2.24. The zero-order chi connectivity index (χ0) is 15.7. The van der Waals surface area contributed by atoms with E-state index in [2.05, 4.69) is 40.8 Å². The van der Waals surface area contributed by atoms with Gasteiger partial charge in [-0.1, -0.05) is 13.8 Å². The minimum absolute atomic E-state index is 0. The van der Waals surface area contributed by atoms with E-state index in [1.807, 2.05) is 14.0 Å². The number of nitrogens with one attached hydrogen (secondary N) is 1. The number of rotatable bonds is 6. The Hall–Kier alpha value is -0.180. The van der Waals surface area contributed by atoms with Gasteiger partial charge in [0.2, 0.25) is 0 Å². The summed E-state index contributed by atoms with van der Waals surface area (Å²) < 4.78 is 4.92. The predicted octanol–water partition coefficient (Wildman–Crippen LogP) is 2.60. The van der Waals surface area contributed by atoms with Gasteiger partial charge >= 0.3 is 5.97 Å². The first-order valence-electron chi connectivity index (χ1n) is 7.81. The standard InChI is InChI=1S/C15H29N3O2S.HI/c1-5-20-14(19)7-6-8-17-15(16-4)18-9-10-21-13(11-18)12(2)3;/h12-13H,5-11H2,1-4H3,(H,16,17);1H. The number of hydrogen-bond donors (Lipinski definition) is 1. The number of ether oxygens (including phenoxy) is 1. The Kier molecular flexibility index (Phi) is 12.2. The van der Waals surface area contributed by atoms with E-state index >= 15 is 0 Å². The molecule has 5 nitrogen and oxygen atoms in total. The summed E-state index contributed by atoms with van der Waals surface area (Å²) in [6.07, 6.45) is 1.23. The topological polar surface area (TPSA) is 53.9 Å². The SMILES string of the molecule is CCOC(=O)CCCNC(=NC)N1CCSC(C(C)C)C1.I. The summed E-state index contributed by atoms with van der Waals surface area (Å²) in [4.78, 5) is 18.0. The number of carbonyl (C=O) groups is 1. The van der Waals surface area contributed by atoms with Gasteiger partial charge in [0.15, 0.2) is 5.96 Å². The minimum atomic E-state index is -0.122. The molecule has 0 aromatic rings. The Bertz CT molecular complexity index is 354. The summed E-state index contributed by atoms with van der Waals surface area (Å²) in [6.45, 7) is 9.66. The molecule has 1 fully saturated rings. The Morgan fingerprint density at radius 2 is 2.23 bits per heavy atom. The molecule has 1 aliphatic rings. The first-order chi connectivity index (χ1) is 10.1. The van der Waals surface area contributed by atoms with Gasteiger partial charge < -0.3 is 15.0 Å². The third-order valence-corrected chi connectivity index (χ3v) is 5.03. The summed E-state index contributed by atoms with van der Waals surface area (Å²) in [7, 11) is 1.82. The van der Waals surface area contributed by atoms with Crippen LogP contribution >= 0.6 is 35.7 Å². The van der Waals surface area contributed by atoms with E-state index in [1.54, 1.807) is 0 Å². The zero-order valence-corrected chi connectivity index (χ0v) is 17.3. The third-order valence-electron chi connectivity index (χ3n) is 3.49. The van der Waals surface area contributed by atoms with Crippen LogP contribution in [0.1, 0.15) is 33.6 Å². The second-order valence-electron chi connectivity index (χ2n) is 5.48. The molecule has 0 aliphatic carbocycles. The van der Waals surface area contributed by atoms with Crippen LogP contribution in [0.25, 0.3) is 0 Å². The Labute approximate surface area is 156 Å². The van der Waals surface area contributed by atoms with Crippen LogP contribution < -0.4 is 5.32 Å². The normalized spacial score (nSPS) is 18.9. The molecule has 1 aliphatic heterocycles. The minimum Gasteiger partial charge on any atom is -0.466 e. The molecule has 0 spiro atoms. The maximum atomic E-state index is 11.3. The van der Waals surface area contributed by atoms with Gasteiger partial charge in [0.1, 0.15) is 0 Å². The number of aliphatic imine (C=N–C) groups is 1. The monoisotopic (exact) mass is 443 g/mol. The molecule has 0 amide bonds. The van der Waals surface area contributed by atoms with Crippen molar-refractivity contribution in [2.75, 3.05) is 39.0 Å². The molecule has 0 saturated carbocycles. The lowest BCUT2D eigenvalue weighted by Gasteiger charge is -2.36. The van der Waals surface area contributed by atoms with Crippen molar-refractivity contribution in [3.63, 3.8) is 0 Å². The molecule has 1 heterocycles. The third kappa shape index (κ3) is 7.89. The summed E-state index contributed by atoms with van der Waals surface area (Å²) in [5.74, 6) is 2.65. The van der Waals surface area contributed by atoms with Crippen LogP contribution in [-0.2, 0) is 9.53 Å². The molecule has 0 aromatic heterocycles. The maximum absolute atomic E-state index is 11.3. The highest BCUT2D eigenvalue weighted by atomic mass is 127. The Morgan fingerprint density at radius 1 is 1.50 bits per heavy atom. The van der Waals surface area contributed by atoms with Crippen molar-refractivity contribution in [1.82, 2.24) is 10.2 Å². The van der Waals surface area contributed by atoms with Crippen LogP contribution in [0, 0.1) is 5.92 Å². The van der Waals surface area contributed by atoms with Crippen molar-refractivity contribution in [2.45, 2.75) is 38.9 Å². The highest BCUT2D eigenvalue weighted by molar-refractivity contribution is 14.0. The smallest absolute Gasteiger partial charge is 0.305 e. The van der Waals surface area contributed by atoms with Crippen molar-refractivity contribution >= 4 is 47.7 Å². The fourth-order valence-corrected chi connectivity index (χ4v) is 3.57. The number of guanidine groups is 1. The molecular weight excluding hydrogens is 413 g/mol. The fraction of sp³-hybridized carbons (Fsp3) is 0.867. The fourth-order valence-electron chi connectivity index (χ4n) is 2.27. The van der Waals surface area contributed by atoms with E-state index in [9.17, 15) is 4.79 Å². The lowest BCUT2D eigenvalue weighted by molar-refractivity contribution is -0.143. The molecule has 130 valence electrons. The molecule has 1 unspecified atom stereocenters. The van der Waals surface area contributed by atoms with E-state index in [1.165, 1.54) is 0 Å². The van der Waals surface area contributed by atoms with E-state index in [0.717, 1.165) is 37.8 Å². The van der Waals surface area contributed by atoms with Crippen LogP contribution in [0.15, 0.2) is 4.99 Å². The average Bonchev–Trinajstić information content (AvgIpc) is 2.47. The van der Waals surface area contributed by atoms with E-state index in [4.69, 9.17) is 4.74 Å². The molecule has 1 saturated heterocycles. The molecule has 1 atom stereocenters. The molecular formula is C15H30IN3O2S. The van der Waals surface area contributed by atoms with Gasteiger partial charge in [0.25, 0.3) is 0 Å². The van der Waals surface area contributed by atoms with Crippen LogP contribution in [0.4, 0.5) is 0 Å². The molecule has 7 heteroatoms. The van der Waals surface area contributed by atoms with Crippen molar-refractivity contribution in [2.24, 2.45) is 10.9 Å². The number of hydrogen-bond acceptors (Lipinski definition) is 4. The van der Waals surface area contributed by atoms with Crippen LogP contribution in [0.3, 0.4) is 0 Å². The molecule has 1 N–H and O–H groups in total. The maximum Gasteiger partial charge on any atom is 0.305 e. The zero-order valence-electron chi connectivity index (χ0n) is 14.1. The van der Waals surface area contributed by atoms with Crippen LogP contribution in [-0.4, -0.2) is 61.1 Å². The number of nitrogens with zero attached hydrogens (tertiary/aromatic N) is 2. The second-order valence-corrected chi connectivity index (χ2v) is 6.83. The molecule has 22 heavy (non-hydrogen) atoms. The van der Waals surface area contributed by atoms with Gasteiger partial charge in [-0.15, -0.1) is 24.0 Å². The van der Waals surface area contributed by atoms with Gasteiger partial charge in [-0.2, -0.15) is 11.8 Å².